The van der Waals surface area contributed by atoms with Crippen molar-refractivity contribution in [2.75, 3.05) is 33.3 Å². The summed E-state index contributed by atoms with van der Waals surface area (Å²) in [6, 6.07) is 0. The molecule has 0 aliphatic carbocycles. The van der Waals surface area contributed by atoms with Crippen LogP contribution < -0.4 is 5.32 Å². The fourth-order valence-electron chi connectivity index (χ4n) is 1.85. The molecular weight excluding hydrogens is 274 g/mol. The van der Waals surface area contributed by atoms with Gasteiger partial charge in [0.15, 0.2) is 4.21 Å². The first-order valence-electron chi connectivity index (χ1n) is 5.73. The Morgan fingerprint density at radius 1 is 1.67 bits per heavy atom. The Bertz CT molecular complexity index is 498. The Hall–Kier alpha value is -0.540. The molecule has 0 amide bonds. The van der Waals surface area contributed by atoms with Crippen LogP contribution in [0.3, 0.4) is 0 Å². The molecule has 1 aliphatic heterocycles. The van der Waals surface area contributed by atoms with Crippen molar-refractivity contribution in [2.45, 2.75) is 17.2 Å². The van der Waals surface area contributed by atoms with Gasteiger partial charge in [0.25, 0.3) is 10.0 Å². The summed E-state index contributed by atoms with van der Waals surface area (Å²) >= 11 is 1.21. The zero-order valence-corrected chi connectivity index (χ0v) is 12.1. The van der Waals surface area contributed by atoms with E-state index in [0.29, 0.717) is 30.5 Å². The van der Waals surface area contributed by atoms with Gasteiger partial charge < -0.3 is 10.1 Å². The minimum Gasteiger partial charge on any atom is -0.374 e. The number of hydrogen-bond donors (Lipinski definition) is 1. The van der Waals surface area contributed by atoms with Gasteiger partial charge in [-0.3, -0.25) is 0 Å². The molecule has 1 aromatic heterocycles. The van der Waals surface area contributed by atoms with Crippen LogP contribution in [0.1, 0.15) is 5.01 Å². The van der Waals surface area contributed by atoms with Gasteiger partial charge in [-0.1, -0.05) is 0 Å². The molecule has 1 fully saturated rings. The van der Waals surface area contributed by atoms with Crippen LogP contribution in [0.15, 0.2) is 10.4 Å². The summed E-state index contributed by atoms with van der Waals surface area (Å²) < 4.78 is 32.0. The maximum Gasteiger partial charge on any atom is 0.254 e. The van der Waals surface area contributed by atoms with Crippen LogP contribution in [-0.4, -0.2) is 57.1 Å². The summed E-state index contributed by atoms with van der Waals surface area (Å²) in [7, 11) is -1.59. The van der Waals surface area contributed by atoms with Crippen LogP contribution in [0.25, 0.3) is 0 Å². The van der Waals surface area contributed by atoms with Crippen molar-refractivity contribution in [3.8, 4) is 0 Å². The molecule has 0 spiro atoms. The molecule has 0 aromatic carbocycles. The molecule has 2 rings (SSSR count). The van der Waals surface area contributed by atoms with Crippen molar-refractivity contribution in [1.82, 2.24) is 14.6 Å². The molecule has 102 valence electrons. The minimum absolute atomic E-state index is 0.0902. The van der Waals surface area contributed by atoms with E-state index in [9.17, 15) is 8.42 Å². The second kappa shape index (κ2) is 5.62. The first kappa shape index (κ1) is 13.9. The molecule has 2 heterocycles. The number of hydrogen-bond acceptors (Lipinski definition) is 6. The van der Waals surface area contributed by atoms with Gasteiger partial charge in [0.2, 0.25) is 0 Å². The van der Waals surface area contributed by atoms with E-state index in [0.717, 1.165) is 5.01 Å². The molecule has 1 aromatic rings. The summed E-state index contributed by atoms with van der Waals surface area (Å²) in [5.41, 5.74) is 0. The third-order valence-electron chi connectivity index (χ3n) is 2.73. The molecule has 0 radical (unpaired) electrons. The van der Waals surface area contributed by atoms with Gasteiger partial charge in [0.1, 0.15) is 0 Å². The van der Waals surface area contributed by atoms with Crippen LogP contribution in [0.2, 0.25) is 0 Å². The zero-order chi connectivity index (χ0) is 13.2. The smallest absolute Gasteiger partial charge is 0.254 e. The van der Waals surface area contributed by atoms with E-state index in [-0.39, 0.29) is 6.10 Å². The predicted molar refractivity (Wildman–Crippen MR) is 69.3 cm³/mol. The van der Waals surface area contributed by atoms with Crippen molar-refractivity contribution in [1.29, 1.82) is 0 Å². The highest BCUT2D eigenvalue weighted by Crippen LogP contribution is 2.23. The number of aromatic nitrogens is 1. The minimum atomic E-state index is -3.41. The molecule has 8 heteroatoms. The van der Waals surface area contributed by atoms with Crippen molar-refractivity contribution in [3.63, 3.8) is 0 Å². The summed E-state index contributed by atoms with van der Waals surface area (Å²) in [6.07, 6.45) is 1.34. The summed E-state index contributed by atoms with van der Waals surface area (Å²) in [5, 5.41) is 3.76. The first-order chi connectivity index (χ1) is 8.54. The summed E-state index contributed by atoms with van der Waals surface area (Å²) in [6.45, 7) is 3.67. The van der Waals surface area contributed by atoms with Gasteiger partial charge in [-0.25, -0.2) is 13.4 Å². The maximum absolute atomic E-state index is 12.4. The molecule has 0 bridgehead atoms. The quantitative estimate of drug-likeness (QED) is 0.849. The van der Waals surface area contributed by atoms with Gasteiger partial charge in [-0.2, -0.15) is 4.31 Å². The number of nitrogens with zero attached hydrogens (tertiary/aromatic N) is 2. The molecule has 1 saturated heterocycles. The first-order valence-corrected chi connectivity index (χ1v) is 7.98. The number of aryl methyl sites for hydroxylation is 1. The van der Waals surface area contributed by atoms with Gasteiger partial charge in [-0.05, 0) is 14.0 Å². The van der Waals surface area contributed by atoms with Gasteiger partial charge in [0, 0.05) is 19.6 Å². The lowest BCUT2D eigenvalue weighted by Gasteiger charge is -2.31. The van der Waals surface area contributed by atoms with E-state index in [4.69, 9.17) is 4.74 Å². The van der Waals surface area contributed by atoms with E-state index in [1.165, 1.54) is 21.8 Å². The summed E-state index contributed by atoms with van der Waals surface area (Å²) in [4.78, 5) is 4.00. The Morgan fingerprint density at radius 2 is 2.44 bits per heavy atom. The van der Waals surface area contributed by atoms with Crippen LogP contribution in [-0.2, 0) is 14.8 Å². The predicted octanol–water partition coefficient (Wildman–Crippen LogP) is 0.0604. The zero-order valence-electron chi connectivity index (χ0n) is 10.4. The molecular formula is C10H17N3O3S2. The summed E-state index contributed by atoms with van der Waals surface area (Å²) in [5.74, 6) is 0. The fourth-order valence-corrected chi connectivity index (χ4v) is 4.57. The highest BCUT2D eigenvalue weighted by Gasteiger charge is 2.31. The van der Waals surface area contributed by atoms with Crippen LogP contribution in [0.5, 0.6) is 0 Å². The van der Waals surface area contributed by atoms with E-state index >= 15 is 0 Å². The van der Waals surface area contributed by atoms with Gasteiger partial charge in [-0.15, -0.1) is 11.3 Å². The largest absolute Gasteiger partial charge is 0.374 e. The standard InChI is InChI=1S/C10H17N3O3S2/c1-8-12-6-10(17-8)18(14,15)13-3-4-16-9(7-13)5-11-2/h6,9,11H,3-5,7H2,1-2H3. The van der Waals surface area contributed by atoms with Crippen molar-refractivity contribution in [2.24, 2.45) is 0 Å². The lowest BCUT2D eigenvalue weighted by atomic mass is 10.3. The second-order valence-electron chi connectivity index (χ2n) is 4.11. The highest BCUT2D eigenvalue weighted by atomic mass is 32.2. The Kier molecular flexibility index (Phi) is 4.33. The van der Waals surface area contributed by atoms with E-state index < -0.39 is 10.0 Å². The molecule has 18 heavy (non-hydrogen) atoms. The lowest BCUT2D eigenvalue weighted by molar-refractivity contribution is 0.000876. The number of rotatable bonds is 4. The average molecular weight is 291 g/mol. The normalized spacial score (nSPS) is 22.2. The molecule has 6 nitrogen and oxygen atoms in total. The monoisotopic (exact) mass is 291 g/mol. The highest BCUT2D eigenvalue weighted by molar-refractivity contribution is 7.91. The molecule has 1 aliphatic rings. The Morgan fingerprint density at radius 3 is 3.06 bits per heavy atom. The number of ether oxygens (including phenoxy) is 1. The third kappa shape index (κ3) is 2.89. The van der Waals surface area contributed by atoms with E-state index in [2.05, 4.69) is 10.3 Å². The lowest BCUT2D eigenvalue weighted by Crippen LogP contribution is -2.48. The Balaban J connectivity index is 2.15. The van der Waals surface area contributed by atoms with E-state index in [1.807, 2.05) is 7.05 Å². The molecule has 0 saturated carbocycles. The van der Waals surface area contributed by atoms with Crippen LogP contribution >= 0.6 is 11.3 Å². The Labute approximate surface area is 111 Å². The molecule has 1 unspecified atom stereocenters. The second-order valence-corrected chi connectivity index (χ2v) is 7.51. The topological polar surface area (TPSA) is 71.5 Å². The fraction of sp³-hybridized carbons (Fsp3) is 0.700. The number of thiazole rings is 1. The maximum atomic E-state index is 12.4. The van der Waals surface area contributed by atoms with Crippen LogP contribution in [0.4, 0.5) is 0 Å². The van der Waals surface area contributed by atoms with Gasteiger partial charge in [0.05, 0.1) is 23.9 Å². The van der Waals surface area contributed by atoms with E-state index in [1.54, 1.807) is 6.92 Å². The van der Waals surface area contributed by atoms with Crippen molar-refractivity contribution >= 4 is 21.4 Å². The third-order valence-corrected chi connectivity index (χ3v) is 5.94. The van der Waals surface area contributed by atoms with Crippen molar-refractivity contribution < 1.29 is 13.2 Å². The molecule has 1 N–H and O–H groups in total. The number of morpholine rings is 1. The number of likely N-dealkylation sites (N-methyl/N-ethyl adjacent to an activating group) is 1. The van der Waals surface area contributed by atoms with Crippen LogP contribution in [0, 0.1) is 6.92 Å². The molecule has 1 atom stereocenters. The van der Waals surface area contributed by atoms with Crippen molar-refractivity contribution in [3.05, 3.63) is 11.2 Å². The van der Waals surface area contributed by atoms with Gasteiger partial charge >= 0.3 is 0 Å². The number of sulfonamides is 1. The SMILES string of the molecule is CNCC1CN(S(=O)(=O)c2cnc(C)s2)CCO1. The number of nitrogens with one attached hydrogen (secondary N) is 1. The average Bonchev–Trinajstić information content (AvgIpc) is 2.77.